The molecular formula is C13H27NO2. The van der Waals surface area contributed by atoms with Crippen LogP contribution >= 0.6 is 0 Å². The highest BCUT2D eigenvalue weighted by molar-refractivity contribution is 4.68. The molecule has 0 aromatic heterocycles. The molecule has 0 amide bonds. The van der Waals surface area contributed by atoms with Crippen LogP contribution < -0.4 is 0 Å². The van der Waals surface area contributed by atoms with Crippen LogP contribution in [0.1, 0.15) is 33.1 Å². The molecule has 1 fully saturated rings. The smallest absolute Gasteiger partial charge is 0.0701 e. The Labute approximate surface area is 100 Å². The number of nitrogens with zero attached hydrogens (tertiary/aromatic N) is 1. The maximum Gasteiger partial charge on any atom is 0.0701 e. The second-order valence-corrected chi connectivity index (χ2v) is 4.75. The van der Waals surface area contributed by atoms with Gasteiger partial charge in [-0.15, -0.1) is 0 Å². The fraction of sp³-hybridized carbons (Fsp3) is 1.00. The van der Waals surface area contributed by atoms with Gasteiger partial charge in [0.1, 0.15) is 0 Å². The number of likely N-dealkylation sites (tertiary alicyclic amines) is 1. The van der Waals surface area contributed by atoms with Gasteiger partial charge in [-0.2, -0.15) is 0 Å². The summed E-state index contributed by atoms with van der Waals surface area (Å²) in [5, 5.41) is 0. The van der Waals surface area contributed by atoms with Gasteiger partial charge in [0.15, 0.2) is 0 Å². The molecule has 0 atom stereocenters. The number of hydrogen-bond acceptors (Lipinski definition) is 3. The fourth-order valence-electron chi connectivity index (χ4n) is 1.95. The molecular weight excluding hydrogens is 202 g/mol. The normalized spacial score (nSPS) is 19.1. The summed E-state index contributed by atoms with van der Waals surface area (Å²) in [7, 11) is 0. The minimum atomic E-state index is 0.740. The van der Waals surface area contributed by atoms with Crippen LogP contribution in [-0.4, -0.2) is 51.0 Å². The molecule has 0 radical (unpaired) electrons. The molecule has 1 aliphatic rings. The predicted molar refractivity (Wildman–Crippen MR) is 66.8 cm³/mol. The quantitative estimate of drug-likeness (QED) is 0.595. The van der Waals surface area contributed by atoms with Gasteiger partial charge in [-0.3, -0.25) is 0 Å². The Morgan fingerprint density at radius 1 is 1.00 bits per heavy atom. The molecule has 0 aromatic rings. The van der Waals surface area contributed by atoms with Gasteiger partial charge in [0.25, 0.3) is 0 Å². The van der Waals surface area contributed by atoms with Crippen molar-refractivity contribution in [1.29, 1.82) is 0 Å². The van der Waals surface area contributed by atoms with Crippen molar-refractivity contribution in [2.75, 3.05) is 46.1 Å². The average Bonchev–Trinajstić information content (AvgIpc) is 2.30. The Bertz CT molecular complexity index is 156. The monoisotopic (exact) mass is 229 g/mol. The average molecular weight is 229 g/mol. The van der Waals surface area contributed by atoms with Crippen molar-refractivity contribution in [3.05, 3.63) is 0 Å². The molecule has 16 heavy (non-hydrogen) atoms. The van der Waals surface area contributed by atoms with Crippen LogP contribution in [0.3, 0.4) is 0 Å². The first-order chi connectivity index (χ1) is 7.83. The number of hydrogen-bond donors (Lipinski definition) is 0. The lowest BCUT2D eigenvalue weighted by molar-refractivity contribution is 0.0352. The lowest BCUT2D eigenvalue weighted by atomic mass is 9.99. The zero-order chi connectivity index (χ0) is 11.6. The first-order valence-electron chi connectivity index (χ1n) is 6.70. The highest BCUT2D eigenvalue weighted by atomic mass is 16.5. The Morgan fingerprint density at radius 2 is 1.62 bits per heavy atom. The van der Waals surface area contributed by atoms with Crippen LogP contribution in [0.15, 0.2) is 0 Å². The van der Waals surface area contributed by atoms with E-state index in [0.717, 1.165) is 45.3 Å². The van der Waals surface area contributed by atoms with E-state index in [1.54, 1.807) is 0 Å². The molecule has 1 heterocycles. The van der Waals surface area contributed by atoms with E-state index in [9.17, 15) is 0 Å². The van der Waals surface area contributed by atoms with Gasteiger partial charge in [0.2, 0.25) is 0 Å². The highest BCUT2D eigenvalue weighted by Gasteiger charge is 2.14. The molecule has 0 bridgehead atoms. The van der Waals surface area contributed by atoms with E-state index in [1.807, 2.05) is 0 Å². The number of ether oxygens (including phenoxy) is 2. The van der Waals surface area contributed by atoms with Crippen LogP contribution in [-0.2, 0) is 9.47 Å². The third-order valence-electron chi connectivity index (χ3n) is 3.15. The number of rotatable bonds is 8. The molecule has 1 rings (SSSR count). The van der Waals surface area contributed by atoms with Crippen molar-refractivity contribution in [1.82, 2.24) is 4.90 Å². The lowest BCUT2D eigenvalue weighted by Gasteiger charge is -2.29. The van der Waals surface area contributed by atoms with Gasteiger partial charge in [0, 0.05) is 13.2 Å². The standard InChI is InChI=1S/C13H27NO2/c1-3-9-15-11-12-16-10-8-14-6-4-13(2)5-7-14/h13H,3-12H2,1-2H3. The van der Waals surface area contributed by atoms with Crippen molar-refractivity contribution in [3.8, 4) is 0 Å². The van der Waals surface area contributed by atoms with Crippen molar-refractivity contribution in [2.24, 2.45) is 5.92 Å². The van der Waals surface area contributed by atoms with Gasteiger partial charge in [-0.1, -0.05) is 13.8 Å². The fourth-order valence-corrected chi connectivity index (χ4v) is 1.95. The highest BCUT2D eigenvalue weighted by Crippen LogP contribution is 2.15. The Balaban J connectivity index is 1.84. The summed E-state index contributed by atoms with van der Waals surface area (Å²) in [6.07, 6.45) is 3.78. The van der Waals surface area contributed by atoms with E-state index in [2.05, 4.69) is 18.7 Å². The minimum Gasteiger partial charge on any atom is -0.379 e. The summed E-state index contributed by atoms with van der Waals surface area (Å²) in [6.45, 7) is 11.2. The van der Waals surface area contributed by atoms with Crippen molar-refractivity contribution < 1.29 is 9.47 Å². The molecule has 1 saturated heterocycles. The molecule has 0 aliphatic carbocycles. The zero-order valence-electron chi connectivity index (χ0n) is 10.9. The van der Waals surface area contributed by atoms with Crippen molar-refractivity contribution in [2.45, 2.75) is 33.1 Å². The van der Waals surface area contributed by atoms with E-state index in [-0.39, 0.29) is 0 Å². The Morgan fingerprint density at radius 3 is 2.25 bits per heavy atom. The largest absolute Gasteiger partial charge is 0.379 e. The maximum atomic E-state index is 5.54. The molecule has 3 nitrogen and oxygen atoms in total. The van der Waals surface area contributed by atoms with E-state index >= 15 is 0 Å². The van der Waals surface area contributed by atoms with E-state index in [1.165, 1.54) is 25.9 Å². The molecule has 1 aliphatic heterocycles. The molecule has 96 valence electrons. The lowest BCUT2D eigenvalue weighted by Crippen LogP contribution is -2.35. The van der Waals surface area contributed by atoms with Crippen LogP contribution in [0, 0.1) is 5.92 Å². The van der Waals surface area contributed by atoms with Gasteiger partial charge < -0.3 is 14.4 Å². The maximum absolute atomic E-state index is 5.54. The van der Waals surface area contributed by atoms with Gasteiger partial charge in [-0.05, 0) is 38.3 Å². The topological polar surface area (TPSA) is 21.7 Å². The first kappa shape index (κ1) is 13.9. The van der Waals surface area contributed by atoms with Crippen LogP contribution in [0.25, 0.3) is 0 Å². The molecule has 0 saturated carbocycles. The molecule has 0 N–H and O–H groups in total. The molecule has 0 spiro atoms. The molecule has 0 aromatic carbocycles. The third-order valence-corrected chi connectivity index (χ3v) is 3.15. The molecule has 0 unspecified atom stereocenters. The van der Waals surface area contributed by atoms with Crippen molar-refractivity contribution >= 4 is 0 Å². The van der Waals surface area contributed by atoms with Crippen LogP contribution in [0.5, 0.6) is 0 Å². The SMILES string of the molecule is CCCOCCOCCN1CCC(C)CC1. The summed E-state index contributed by atoms with van der Waals surface area (Å²) < 4.78 is 10.9. The van der Waals surface area contributed by atoms with Gasteiger partial charge >= 0.3 is 0 Å². The van der Waals surface area contributed by atoms with Crippen LogP contribution in [0.2, 0.25) is 0 Å². The van der Waals surface area contributed by atoms with Gasteiger partial charge in [-0.25, -0.2) is 0 Å². The summed E-state index contributed by atoms with van der Waals surface area (Å²) in [5.41, 5.74) is 0. The molecule has 3 heteroatoms. The van der Waals surface area contributed by atoms with E-state index < -0.39 is 0 Å². The number of piperidine rings is 1. The zero-order valence-corrected chi connectivity index (χ0v) is 10.9. The first-order valence-corrected chi connectivity index (χ1v) is 6.70. The summed E-state index contributed by atoms with van der Waals surface area (Å²) in [6, 6.07) is 0. The van der Waals surface area contributed by atoms with E-state index in [0.29, 0.717) is 0 Å². The summed E-state index contributed by atoms with van der Waals surface area (Å²) >= 11 is 0. The third kappa shape index (κ3) is 6.46. The predicted octanol–water partition coefficient (Wildman–Crippen LogP) is 2.16. The second-order valence-electron chi connectivity index (χ2n) is 4.75. The second kappa shape index (κ2) is 8.97. The van der Waals surface area contributed by atoms with Crippen LogP contribution in [0.4, 0.5) is 0 Å². The van der Waals surface area contributed by atoms with E-state index in [4.69, 9.17) is 9.47 Å². The minimum absolute atomic E-state index is 0.740. The summed E-state index contributed by atoms with van der Waals surface area (Å²) in [4.78, 5) is 2.51. The summed E-state index contributed by atoms with van der Waals surface area (Å²) in [5.74, 6) is 0.916. The Hall–Kier alpha value is -0.120. The van der Waals surface area contributed by atoms with Crippen molar-refractivity contribution in [3.63, 3.8) is 0 Å². The van der Waals surface area contributed by atoms with Gasteiger partial charge in [0.05, 0.1) is 19.8 Å². The Kier molecular flexibility index (Phi) is 7.81.